The maximum Gasteiger partial charge on any atom is 0.312 e. The van der Waals surface area contributed by atoms with Gasteiger partial charge < -0.3 is 14.4 Å². The van der Waals surface area contributed by atoms with Crippen LogP contribution in [0.2, 0.25) is 5.02 Å². The van der Waals surface area contributed by atoms with E-state index in [0.29, 0.717) is 35.0 Å². The molecule has 3 aromatic carbocycles. The molecule has 1 amide bonds. The zero-order valence-electron chi connectivity index (χ0n) is 37.6. The minimum atomic E-state index is -4.60. The van der Waals surface area contributed by atoms with Crippen molar-refractivity contribution in [1.29, 1.82) is 0 Å². The molecule has 0 saturated carbocycles. The highest BCUT2D eigenvalue weighted by Crippen LogP contribution is 2.43. The first-order chi connectivity index (χ1) is 32.3. The molecule has 350 valence electrons. The number of hydrogen-bond acceptors (Lipinski definition) is 12. The number of nitrogens with zero attached hydrogens (tertiary/aromatic N) is 7. The second-order valence-electron chi connectivity index (χ2n) is 19.1. The Morgan fingerprint density at radius 1 is 1.03 bits per heavy atom. The van der Waals surface area contributed by atoms with Crippen LogP contribution in [-0.2, 0) is 14.8 Å². The summed E-state index contributed by atoms with van der Waals surface area (Å²) < 4.78 is 43.3. The number of sulfonamides is 1. The summed E-state index contributed by atoms with van der Waals surface area (Å²) in [7, 11) is -4.60. The van der Waals surface area contributed by atoms with Gasteiger partial charge in [0, 0.05) is 92.4 Å². The van der Waals surface area contributed by atoms with Crippen LogP contribution < -0.4 is 14.4 Å². The number of hydrogen-bond donors (Lipinski definition) is 2. The van der Waals surface area contributed by atoms with Crippen molar-refractivity contribution in [3.63, 3.8) is 0 Å². The van der Waals surface area contributed by atoms with Gasteiger partial charge in [0.05, 0.1) is 39.8 Å². The van der Waals surface area contributed by atoms with Gasteiger partial charge in [-0.15, -0.1) is 0 Å². The quantitative estimate of drug-likeness (QED) is 0.0847. The topological polar surface area (TPSA) is 181 Å². The summed E-state index contributed by atoms with van der Waals surface area (Å²) in [6, 6.07) is 21.1. The van der Waals surface area contributed by atoms with Gasteiger partial charge in [-0.05, 0) is 110 Å². The molecule has 0 radical (unpaired) electrons. The first-order valence-electron chi connectivity index (χ1n) is 23.0. The zero-order valence-corrected chi connectivity index (χ0v) is 39.2. The van der Waals surface area contributed by atoms with Crippen LogP contribution in [0.25, 0.3) is 33.3 Å². The predicted molar refractivity (Wildman–Crippen MR) is 258 cm³/mol. The van der Waals surface area contributed by atoms with E-state index in [0.717, 1.165) is 107 Å². The summed E-state index contributed by atoms with van der Waals surface area (Å²) in [4.78, 5) is 41.6. The van der Waals surface area contributed by atoms with Crippen molar-refractivity contribution in [2.75, 3.05) is 70.5 Å². The number of amides is 1. The van der Waals surface area contributed by atoms with Gasteiger partial charge in [0.15, 0.2) is 11.4 Å². The Morgan fingerprint density at radius 2 is 1.85 bits per heavy atom. The van der Waals surface area contributed by atoms with Gasteiger partial charge in [-0.1, -0.05) is 43.2 Å². The van der Waals surface area contributed by atoms with Crippen molar-refractivity contribution in [3.8, 4) is 11.4 Å². The molecule has 3 aromatic heterocycles. The number of nitro benzene ring substituents is 1. The molecule has 0 bridgehead atoms. The molecule has 2 N–H and O–H groups in total. The van der Waals surface area contributed by atoms with Crippen molar-refractivity contribution in [3.05, 3.63) is 117 Å². The van der Waals surface area contributed by atoms with E-state index in [1.807, 2.05) is 36.4 Å². The number of H-pyrrole nitrogens is 1. The molecule has 0 spiro atoms. The number of rotatable bonds is 13. The molecule has 3 aliphatic heterocycles. The van der Waals surface area contributed by atoms with Gasteiger partial charge in [-0.3, -0.25) is 34.5 Å². The second kappa shape index (κ2) is 18.3. The summed E-state index contributed by atoms with van der Waals surface area (Å²) in [5, 5.41) is 17.0. The van der Waals surface area contributed by atoms with Crippen molar-refractivity contribution in [1.82, 2.24) is 34.3 Å². The van der Waals surface area contributed by atoms with E-state index in [-0.39, 0.29) is 29.3 Å². The molecule has 2 atom stereocenters. The number of piperazine rings is 1. The Balaban J connectivity index is 0.885. The van der Waals surface area contributed by atoms with Crippen LogP contribution in [0.4, 0.5) is 11.4 Å². The van der Waals surface area contributed by atoms with E-state index in [1.54, 1.807) is 23.1 Å². The number of aromatic nitrogens is 4. The fourth-order valence-electron chi connectivity index (χ4n) is 10.1. The van der Waals surface area contributed by atoms with E-state index in [4.69, 9.17) is 21.1 Å². The largest absolute Gasteiger partial charge is 0.486 e. The van der Waals surface area contributed by atoms with Crippen LogP contribution in [0.3, 0.4) is 0 Å². The fraction of sp³-hybridized carbons (Fsp3) is 0.408. The lowest BCUT2D eigenvalue weighted by atomic mass is 9.72. The average Bonchev–Trinajstić information content (AvgIpc) is 4.17. The van der Waals surface area contributed by atoms with Crippen LogP contribution in [0.1, 0.15) is 61.9 Å². The molecule has 3 fully saturated rings. The van der Waals surface area contributed by atoms with E-state index >= 15 is 0 Å². The first-order valence-corrected chi connectivity index (χ1v) is 24.8. The van der Waals surface area contributed by atoms with E-state index in [9.17, 15) is 23.3 Å². The van der Waals surface area contributed by atoms with E-state index < -0.39 is 31.4 Å². The van der Waals surface area contributed by atoms with Gasteiger partial charge in [0.2, 0.25) is 0 Å². The lowest BCUT2D eigenvalue weighted by molar-refractivity contribution is -0.386. The zero-order chi connectivity index (χ0) is 46.5. The molecule has 6 aromatic rings. The Labute approximate surface area is 394 Å². The Morgan fingerprint density at radius 3 is 2.63 bits per heavy atom. The van der Waals surface area contributed by atoms with Gasteiger partial charge in [-0.2, -0.15) is 0 Å². The number of anilines is 1. The molecule has 1 aliphatic carbocycles. The fourth-order valence-corrected chi connectivity index (χ4v) is 11.2. The Bertz CT molecular complexity index is 2990. The van der Waals surface area contributed by atoms with E-state index in [1.165, 1.54) is 28.8 Å². The number of likely N-dealkylation sites (tertiary alicyclic amines) is 1. The van der Waals surface area contributed by atoms with Crippen molar-refractivity contribution < 1.29 is 27.6 Å². The molecule has 18 heteroatoms. The SMILES string of the molecule is CC1(C)CCC(CN2CCN(c3ccc(C(=O)NS(=O)(=O)c4ccc(OCC5CCN(C6CCOC6)C5)c([N+](=O)[O-])c4)c(-n4[nH]cc5nc6nccc6cc54)c3)CC2)=C(c2ccc(Cl)cc2)C1. The van der Waals surface area contributed by atoms with Crippen molar-refractivity contribution in [2.45, 2.75) is 56.9 Å². The summed E-state index contributed by atoms with van der Waals surface area (Å²) in [6.07, 6.45) is 8.45. The smallest absolute Gasteiger partial charge is 0.312 e. The maximum atomic E-state index is 14.3. The molecule has 10 rings (SSSR count). The van der Waals surface area contributed by atoms with Gasteiger partial charge in [-0.25, -0.2) is 23.1 Å². The lowest BCUT2D eigenvalue weighted by Gasteiger charge is -2.39. The maximum absolute atomic E-state index is 14.3. The number of nitro groups is 1. The number of aromatic amines is 1. The number of benzene rings is 3. The number of halogens is 1. The van der Waals surface area contributed by atoms with Gasteiger partial charge >= 0.3 is 5.69 Å². The molecular weight excluding hydrogens is 894 g/mol. The number of ether oxygens (including phenoxy) is 2. The number of pyridine rings is 1. The lowest BCUT2D eigenvalue weighted by Crippen LogP contribution is -2.47. The van der Waals surface area contributed by atoms with Crippen LogP contribution in [0.5, 0.6) is 5.75 Å². The summed E-state index contributed by atoms with van der Waals surface area (Å²) >= 11 is 6.27. The van der Waals surface area contributed by atoms with Crippen LogP contribution >= 0.6 is 11.6 Å². The number of carbonyl (C=O) groups excluding carboxylic acids is 1. The molecule has 6 heterocycles. The highest BCUT2D eigenvalue weighted by atomic mass is 35.5. The summed E-state index contributed by atoms with van der Waals surface area (Å²) in [6.45, 7) is 12.1. The van der Waals surface area contributed by atoms with Crippen LogP contribution in [0, 0.1) is 21.4 Å². The number of carbonyl (C=O) groups is 1. The third-order valence-corrected chi connectivity index (χ3v) is 15.5. The monoisotopic (exact) mass is 947 g/mol. The molecule has 4 aliphatic rings. The average molecular weight is 949 g/mol. The Kier molecular flexibility index (Phi) is 12.3. The van der Waals surface area contributed by atoms with Crippen LogP contribution in [0.15, 0.2) is 95.7 Å². The molecule has 16 nitrogen and oxygen atoms in total. The standard InChI is InChI=1S/C49H54ClN9O7S/c1-49(2)15-11-35(41(26-49)33-3-5-36(50)6-4-33)29-55-18-20-56(21-19-55)37-7-9-40(43(24-37)58-44-23-34-12-16-51-47(34)53-42(44)27-52-58)48(60)54-67(63,64)39-8-10-46(45(25-39)59(61)62)66-30-32-13-17-57(28-32)38-14-22-65-31-38/h3-10,12,16,23-25,27,32,38,52H,11,13-15,17-22,26,28-31H2,1-2H3,(H,54,60). The number of fused-ring (bicyclic) bond motifs is 2. The normalized spacial score (nSPS) is 20.6. The Hall–Kier alpha value is -5.85. The number of nitrogens with one attached hydrogen (secondary N) is 2. The van der Waals surface area contributed by atoms with Crippen LogP contribution in [-0.4, -0.2) is 120 Å². The van der Waals surface area contributed by atoms with Gasteiger partial charge in [0.1, 0.15) is 5.52 Å². The molecule has 67 heavy (non-hydrogen) atoms. The second-order valence-corrected chi connectivity index (χ2v) is 21.2. The minimum absolute atomic E-state index is 0.0350. The highest BCUT2D eigenvalue weighted by Gasteiger charge is 2.33. The summed E-state index contributed by atoms with van der Waals surface area (Å²) in [5.74, 6) is -0.780. The van der Waals surface area contributed by atoms with E-state index in [2.05, 4.69) is 60.5 Å². The highest BCUT2D eigenvalue weighted by molar-refractivity contribution is 7.90. The van der Waals surface area contributed by atoms with Crippen molar-refractivity contribution in [2.24, 2.45) is 11.3 Å². The first kappa shape index (κ1) is 45.0. The summed E-state index contributed by atoms with van der Waals surface area (Å²) in [5.41, 5.74) is 6.99. The molecular formula is C49H54ClN9O7S. The third kappa shape index (κ3) is 9.52. The molecule has 3 saturated heterocycles. The minimum Gasteiger partial charge on any atom is -0.486 e. The number of allylic oxidation sites excluding steroid dienone is 1. The molecule has 2 unspecified atom stereocenters. The predicted octanol–water partition coefficient (Wildman–Crippen LogP) is 7.86. The van der Waals surface area contributed by atoms with Gasteiger partial charge in [0.25, 0.3) is 15.9 Å². The van der Waals surface area contributed by atoms with Crippen molar-refractivity contribution >= 4 is 66.5 Å². The third-order valence-electron chi connectivity index (χ3n) is 13.9.